The molecule has 5 rings (SSSR count). The lowest BCUT2D eigenvalue weighted by molar-refractivity contribution is 0.0935. The average Bonchev–Trinajstić information content (AvgIpc) is 3.58. The summed E-state index contributed by atoms with van der Waals surface area (Å²) in [5, 5.41) is 9.46. The standard InChI is InChI=1S/C33H38N2O2S/c1-22(17-24-15-16-38-21-24)34-32(36)31-19-25-9-12-28(37-27-13-10-26(11-14-27)33(2,3)4)20-29(25)30(35-31)18-23-7-5-6-8-23/h9-16,19-23H,5-8,17-18H2,1-4H3,(H,34,36)/t22-/m1/s1. The van der Waals surface area contributed by atoms with Gasteiger partial charge in [-0.15, -0.1) is 0 Å². The quantitative estimate of drug-likeness (QED) is 0.250. The number of nitrogens with one attached hydrogen (secondary N) is 1. The van der Waals surface area contributed by atoms with Gasteiger partial charge >= 0.3 is 0 Å². The number of fused-ring (bicyclic) bond motifs is 1. The van der Waals surface area contributed by atoms with E-state index in [0.29, 0.717) is 11.6 Å². The molecule has 1 aliphatic carbocycles. The number of nitrogens with zero attached hydrogens (tertiary/aromatic N) is 1. The summed E-state index contributed by atoms with van der Waals surface area (Å²) in [4.78, 5) is 18.2. The van der Waals surface area contributed by atoms with Crippen molar-refractivity contribution < 1.29 is 9.53 Å². The van der Waals surface area contributed by atoms with Crippen molar-refractivity contribution in [3.63, 3.8) is 0 Å². The van der Waals surface area contributed by atoms with Gasteiger partial charge < -0.3 is 10.1 Å². The van der Waals surface area contributed by atoms with E-state index >= 15 is 0 Å². The molecule has 198 valence electrons. The normalized spacial score (nSPS) is 15.1. The van der Waals surface area contributed by atoms with Crippen LogP contribution in [0, 0.1) is 5.92 Å². The first kappa shape index (κ1) is 26.4. The molecule has 1 saturated carbocycles. The minimum Gasteiger partial charge on any atom is -0.457 e. The zero-order valence-electron chi connectivity index (χ0n) is 22.9. The molecule has 2 aromatic heterocycles. The zero-order chi connectivity index (χ0) is 26.7. The fourth-order valence-electron chi connectivity index (χ4n) is 5.39. The Morgan fingerprint density at radius 1 is 1.05 bits per heavy atom. The number of ether oxygens (including phenoxy) is 1. The molecule has 5 heteroatoms. The molecule has 1 atom stereocenters. The van der Waals surface area contributed by atoms with Crippen molar-refractivity contribution in [2.24, 2.45) is 5.92 Å². The summed E-state index contributed by atoms with van der Waals surface area (Å²) in [7, 11) is 0. The van der Waals surface area contributed by atoms with Gasteiger partial charge in [-0.2, -0.15) is 11.3 Å². The Balaban J connectivity index is 1.40. The lowest BCUT2D eigenvalue weighted by Crippen LogP contribution is -2.34. The number of benzene rings is 2. The molecule has 1 N–H and O–H groups in total. The highest BCUT2D eigenvalue weighted by Gasteiger charge is 2.21. The third-order valence-electron chi connectivity index (χ3n) is 7.53. The molecular weight excluding hydrogens is 488 g/mol. The maximum atomic E-state index is 13.2. The number of hydrogen-bond donors (Lipinski definition) is 1. The van der Waals surface area contributed by atoms with Crippen LogP contribution in [0.5, 0.6) is 11.5 Å². The fourth-order valence-corrected chi connectivity index (χ4v) is 6.07. The molecular formula is C33H38N2O2S. The zero-order valence-corrected chi connectivity index (χ0v) is 23.7. The molecule has 1 amide bonds. The summed E-state index contributed by atoms with van der Waals surface area (Å²) >= 11 is 1.68. The molecule has 0 saturated heterocycles. The Morgan fingerprint density at radius 2 is 1.79 bits per heavy atom. The maximum Gasteiger partial charge on any atom is 0.270 e. The van der Waals surface area contributed by atoms with Crippen LogP contribution in [0.2, 0.25) is 0 Å². The lowest BCUT2D eigenvalue weighted by atomic mass is 9.87. The number of hydrogen-bond acceptors (Lipinski definition) is 4. The number of pyridine rings is 1. The number of carbonyl (C=O) groups excluding carboxylic acids is 1. The molecule has 38 heavy (non-hydrogen) atoms. The Morgan fingerprint density at radius 3 is 2.47 bits per heavy atom. The first-order valence-electron chi connectivity index (χ1n) is 13.8. The van der Waals surface area contributed by atoms with Crippen LogP contribution < -0.4 is 10.1 Å². The summed E-state index contributed by atoms with van der Waals surface area (Å²) in [6.45, 7) is 8.69. The van der Waals surface area contributed by atoms with E-state index in [4.69, 9.17) is 9.72 Å². The van der Waals surface area contributed by atoms with Crippen LogP contribution in [0.1, 0.15) is 80.7 Å². The highest BCUT2D eigenvalue weighted by molar-refractivity contribution is 7.07. The Hall–Kier alpha value is -3.18. The van der Waals surface area contributed by atoms with Crippen molar-refractivity contribution >= 4 is 28.0 Å². The van der Waals surface area contributed by atoms with E-state index in [1.54, 1.807) is 11.3 Å². The molecule has 2 heterocycles. The lowest BCUT2D eigenvalue weighted by Gasteiger charge is -2.19. The van der Waals surface area contributed by atoms with Gasteiger partial charge in [0.25, 0.3) is 5.91 Å². The van der Waals surface area contributed by atoms with E-state index < -0.39 is 0 Å². The van der Waals surface area contributed by atoms with Crippen molar-refractivity contribution in [3.8, 4) is 11.5 Å². The molecule has 1 aliphatic rings. The number of thiophene rings is 1. The van der Waals surface area contributed by atoms with Gasteiger partial charge in [0.15, 0.2) is 0 Å². The van der Waals surface area contributed by atoms with Crippen LogP contribution in [-0.4, -0.2) is 16.9 Å². The van der Waals surface area contributed by atoms with E-state index in [0.717, 1.165) is 40.8 Å². The molecule has 4 nitrogen and oxygen atoms in total. The third-order valence-corrected chi connectivity index (χ3v) is 8.26. The summed E-state index contributed by atoms with van der Waals surface area (Å²) in [6.07, 6.45) is 6.73. The summed E-state index contributed by atoms with van der Waals surface area (Å²) in [5.41, 5.74) is 4.12. The van der Waals surface area contributed by atoms with Crippen LogP contribution >= 0.6 is 11.3 Å². The second-order valence-electron chi connectivity index (χ2n) is 11.8. The first-order chi connectivity index (χ1) is 18.2. The maximum absolute atomic E-state index is 13.2. The van der Waals surface area contributed by atoms with Gasteiger partial charge in [0.1, 0.15) is 17.2 Å². The highest BCUT2D eigenvalue weighted by atomic mass is 32.1. The van der Waals surface area contributed by atoms with Crippen LogP contribution in [0.4, 0.5) is 0 Å². The van der Waals surface area contributed by atoms with Crippen molar-refractivity contribution in [1.82, 2.24) is 10.3 Å². The Kier molecular flexibility index (Phi) is 7.85. The van der Waals surface area contributed by atoms with Crippen LogP contribution in [0.25, 0.3) is 10.8 Å². The van der Waals surface area contributed by atoms with Crippen molar-refractivity contribution in [2.75, 3.05) is 0 Å². The van der Waals surface area contributed by atoms with Crippen molar-refractivity contribution in [2.45, 2.75) is 77.7 Å². The van der Waals surface area contributed by atoms with E-state index in [1.165, 1.54) is 36.8 Å². The van der Waals surface area contributed by atoms with Gasteiger partial charge in [-0.05, 0) is 94.8 Å². The van der Waals surface area contributed by atoms with E-state index in [9.17, 15) is 4.79 Å². The second kappa shape index (κ2) is 11.3. The highest BCUT2D eigenvalue weighted by Crippen LogP contribution is 2.33. The third kappa shape index (κ3) is 6.44. The second-order valence-corrected chi connectivity index (χ2v) is 12.6. The predicted molar refractivity (Wildman–Crippen MR) is 158 cm³/mol. The number of aromatic nitrogens is 1. The van der Waals surface area contributed by atoms with E-state index in [-0.39, 0.29) is 17.4 Å². The van der Waals surface area contributed by atoms with Gasteiger partial charge in [0, 0.05) is 17.1 Å². The molecule has 0 unspecified atom stereocenters. The molecule has 2 aromatic carbocycles. The largest absolute Gasteiger partial charge is 0.457 e. The molecule has 0 bridgehead atoms. The van der Waals surface area contributed by atoms with Gasteiger partial charge in [-0.1, -0.05) is 64.7 Å². The molecule has 0 aliphatic heterocycles. The van der Waals surface area contributed by atoms with Gasteiger partial charge in [-0.25, -0.2) is 4.98 Å². The summed E-state index contributed by atoms with van der Waals surface area (Å²) < 4.78 is 6.25. The first-order valence-corrected chi connectivity index (χ1v) is 14.7. The number of carbonyl (C=O) groups is 1. The Bertz CT molecular complexity index is 1380. The fraction of sp³-hybridized carbons (Fsp3) is 0.394. The predicted octanol–water partition coefficient (Wildman–Crippen LogP) is 8.48. The average molecular weight is 527 g/mol. The van der Waals surface area contributed by atoms with Gasteiger partial charge in [-0.3, -0.25) is 4.79 Å². The molecule has 0 spiro atoms. The SMILES string of the molecule is C[C@H](Cc1ccsc1)NC(=O)c1cc2ccc(Oc3ccc(C(C)(C)C)cc3)cc2c(CC2CCCC2)n1. The minimum absolute atomic E-state index is 0.0355. The number of amides is 1. The van der Waals surface area contributed by atoms with Crippen LogP contribution in [0.15, 0.2) is 65.4 Å². The number of rotatable bonds is 8. The Labute approximate surface area is 230 Å². The van der Waals surface area contributed by atoms with Gasteiger partial charge in [0.05, 0.1) is 0 Å². The van der Waals surface area contributed by atoms with Crippen molar-refractivity contribution in [3.05, 3.63) is 87.9 Å². The van der Waals surface area contributed by atoms with E-state index in [1.807, 2.05) is 31.2 Å². The van der Waals surface area contributed by atoms with Crippen LogP contribution in [0.3, 0.4) is 0 Å². The van der Waals surface area contributed by atoms with Crippen LogP contribution in [-0.2, 0) is 18.3 Å². The summed E-state index contributed by atoms with van der Waals surface area (Å²) in [6, 6.07) is 18.5. The topological polar surface area (TPSA) is 51.2 Å². The van der Waals surface area contributed by atoms with E-state index in [2.05, 4.69) is 67.2 Å². The minimum atomic E-state index is -0.110. The smallest absolute Gasteiger partial charge is 0.270 e. The molecule has 0 radical (unpaired) electrons. The monoisotopic (exact) mass is 526 g/mol. The van der Waals surface area contributed by atoms with Gasteiger partial charge in [0.2, 0.25) is 0 Å². The molecule has 4 aromatic rings. The van der Waals surface area contributed by atoms with Crippen molar-refractivity contribution in [1.29, 1.82) is 0 Å². The molecule has 1 fully saturated rings. The summed E-state index contributed by atoms with van der Waals surface area (Å²) in [5.74, 6) is 2.12.